The number of aryl methyl sites for hydroxylation is 1. The SMILES string of the molecule is Cc1ccc(N2C(=O)[C@@H]3[C@@H]4C=C[C@H]([C@@H]5C[C@H]45)[C@H]3C2=O)cc1[N+](=O)[O-]. The zero-order chi connectivity index (χ0) is 16.7. The topological polar surface area (TPSA) is 80.5 Å². The molecule has 24 heavy (non-hydrogen) atoms. The monoisotopic (exact) mass is 324 g/mol. The molecule has 0 radical (unpaired) electrons. The maximum atomic E-state index is 13.0. The van der Waals surface area contributed by atoms with E-state index in [1.165, 1.54) is 11.0 Å². The molecule has 2 amide bonds. The number of carbonyl (C=O) groups excluding carboxylic acids is 2. The molecular formula is C18H16N2O4. The average molecular weight is 324 g/mol. The van der Waals surface area contributed by atoms with Crippen LogP contribution < -0.4 is 4.90 Å². The minimum absolute atomic E-state index is 0.0630. The van der Waals surface area contributed by atoms with Crippen molar-refractivity contribution in [2.75, 3.05) is 4.90 Å². The summed E-state index contributed by atoms with van der Waals surface area (Å²) in [7, 11) is 0. The predicted molar refractivity (Wildman–Crippen MR) is 85.0 cm³/mol. The molecule has 6 atom stereocenters. The maximum Gasteiger partial charge on any atom is 0.274 e. The predicted octanol–water partition coefficient (Wildman–Crippen LogP) is 2.46. The number of hydrogen-bond acceptors (Lipinski definition) is 4. The summed E-state index contributed by atoms with van der Waals surface area (Å²) < 4.78 is 0. The lowest BCUT2D eigenvalue weighted by atomic mass is 9.63. The van der Waals surface area contributed by atoms with E-state index in [0.29, 0.717) is 23.1 Å². The lowest BCUT2D eigenvalue weighted by Crippen LogP contribution is -2.40. The van der Waals surface area contributed by atoms with Crippen molar-refractivity contribution in [3.63, 3.8) is 0 Å². The van der Waals surface area contributed by atoms with Gasteiger partial charge in [0, 0.05) is 11.6 Å². The Balaban J connectivity index is 1.57. The van der Waals surface area contributed by atoms with Crippen molar-refractivity contribution in [1.82, 2.24) is 0 Å². The number of anilines is 1. The van der Waals surface area contributed by atoms with Gasteiger partial charge in [-0.2, -0.15) is 0 Å². The molecule has 1 aromatic rings. The Kier molecular flexibility index (Phi) is 2.50. The molecule has 2 bridgehead atoms. The Morgan fingerprint density at radius 3 is 2.21 bits per heavy atom. The van der Waals surface area contributed by atoms with Crippen LogP contribution in [0, 0.1) is 52.5 Å². The van der Waals surface area contributed by atoms with Crippen LogP contribution >= 0.6 is 0 Å². The Labute approximate surface area is 138 Å². The van der Waals surface area contributed by atoms with Crippen molar-refractivity contribution in [1.29, 1.82) is 0 Å². The molecule has 5 aliphatic rings. The number of hydrogen-bond donors (Lipinski definition) is 0. The Hall–Kier alpha value is -2.50. The summed E-state index contributed by atoms with van der Waals surface area (Å²) in [5, 5.41) is 11.2. The van der Waals surface area contributed by atoms with E-state index in [0.717, 1.165) is 6.42 Å². The summed E-state index contributed by atoms with van der Waals surface area (Å²) in [5.74, 6) is 0.475. The lowest BCUT2D eigenvalue weighted by molar-refractivity contribution is -0.385. The molecule has 6 heteroatoms. The number of amides is 2. The van der Waals surface area contributed by atoms with Crippen LogP contribution in [-0.4, -0.2) is 16.7 Å². The number of allylic oxidation sites excluding steroid dienone is 2. The third kappa shape index (κ3) is 1.56. The third-order valence-electron chi connectivity index (χ3n) is 6.31. The van der Waals surface area contributed by atoms with Gasteiger partial charge in [-0.1, -0.05) is 18.2 Å². The first-order valence-corrected chi connectivity index (χ1v) is 8.30. The van der Waals surface area contributed by atoms with E-state index in [2.05, 4.69) is 12.2 Å². The molecule has 3 fully saturated rings. The van der Waals surface area contributed by atoms with E-state index in [9.17, 15) is 19.7 Å². The highest BCUT2D eigenvalue weighted by atomic mass is 16.6. The average Bonchev–Trinajstić information content (AvgIpc) is 3.33. The van der Waals surface area contributed by atoms with Gasteiger partial charge >= 0.3 is 0 Å². The quantitative estimate of drug-likeness (QED) is 0.362. The number of nitrogens with zero attached hydrogens (tertiary/aromatic N) is 2. The molecule has 1 aromatic carbocycles. The van der Waals surface area contributed by atoms with Gasteiger partial charge in [0.2, 0.25) is 11.8 Å². The Bertz CT molecular complexity index is 809. The standard InChI is InChI=1S/C18H16N2O4/c1-8-2-3-9(6-14(8)20(23)24)19-17(21)15-10-4-5-11(13-7-12(10)13)16(15)18(19)22/h2-6,10-13,15-16H,7H2,1H3/t10-,11-,12-,13+,15-,16-/m1/s1. The van der Waals surface area contributed by atoms with Gasteiger partial charge in [0.15, 0.2) is 0 Å². The number of nitro benzene ring substituents is 1. The zero-order valence-electron chi connectivity index (χ0n) is 13.1. The second-order valence-corrected chi connectivity index (χ2v) is 7.39. The van der Waals surface area contributed by atoms with E-state index < -0.39 is 4.92 Å². The molecule has 0 aromatic heterocycles. The van der Waals surface area contributed by atoms with Crippen LogP contribution in [0.3, 0.4) is 0 Å². The van der Waals surface area contributed by atoms with Gasteiger partial charge in [0.1, 0.15) is 0 Å². The van der Waals surface area contributed by atoms with Gasteiger partial charge in [-0.25, -0.2) is 4.90 Å². The summed E-state index contributed by atoms with van der Waals surface area (Å²) in [4.78, 5) is 37.8. The van der Waals surface area contributed by atoms with Crippen LogP contribution in [0.5, 0.6) is 0 Å². The van der Waals surface area contributed by atoms with Gasteiger partial charge in [-0.3, -0.25) is 19.7 Å². The number of imide groups is 1. The van der Waals surface area contributed by atoms with Crippen LogP contribution in [0.15, 0.2) is 30.4 Å². The second-order valence-electron chi connectivity index (χ2n) is 7.39. The first kappa shape index (κ1) is 13.9. The minimum atomic E-state index is -0.475. The fourth-order valence-corrected chi connectivity index (χ4v) is 5.15. The van der Waals surface area contributed by atoms with Crippen LogP contribution in [0.25, 0.3) is 0 Å². The fourth-order valence-electron chi connectivity index (χ4n) is 5.15. The summed E-state index contributed by atoms with van der Waals surface area (Å²) in [5.41, 5.74) is 0.778. The van der Waals surface area contributed by atoms with E-state index in [1.54, 1.807) is 19.1 Å². The molecule has 0 N–H and O–H groups in total. The fraction of sp³-hybridized carbons (Fsp3) is 0.444. The molecule has 0 unspecified atom stereocenters. The highest BCUT2D eigenvalue weighted by Crippen LogP contribution is 2.65. The molecule has 1 heterocycles. The molecule has 6 nitrogen and oxygen atoms in total. The van der Waals surface area contributed by atoms with Gasteiger partial charge in [0.05, 0.1) is 22.4 Å². The molecule has 1 saturated heterocycles. The zero-order valence-corrected chi connectivity index (χ0v) is 13.1. The van der Waals surface area contributed by atoms with Crippen LogP contribution in [-0.2, 0) is 9.59 Å². The molecule has 0 spiro atoms. The van der Waals surface area contributed by atoms with Crippen LogP contribution in [0.4, 0.5) is 11.4 Å². The van der Waals surface area contributed by atoms with Gasteiger partial charge in [0.25, 0.3) is 5.69 Å². The van der Waals surface area contributed by atoms with Gasteiger partial charge < -0.3 is 0 Å². The van der Waals surface area contributed by atoms with Crippen molar-refractivity contribution < 1.29 is 14.5 Å². The smallest absolute Gasteiger partial charge is 0.274 e. The molecule has 1 aliphatic heterocycles. The van der Waals surface area contributed by atoms with E-state index >= 15 is 0 Å². The number of benzene rings is 1. The third-order valence-corrected chi connectivity index (χ3v) is 6.31. The van der Waals surface area contributed by atoms with Gasteiger partial charge in [-0.15, -0.1) is 0 Å². The summed E-state index contributed by atoms with van der Waals surface area (Å²) in [6.07, 6.45) is 5.35. The summed E-state index contributed by atoms with van der Waals surface area (Å²) in [6, 6.07) is 4.57. The summed E-state index contributed by atoms with van der Waals surface area (Å²) in [6.45, 7) is 1.65. The van der Waals surface area contributed by atoms with Crippen molar-refractivity contribution >= 4 is 23.2 Å². The van der Waals surface area contributed by atoms with Crippen molar-refractivity contribution in [3.05, 3.63) is 46.0 Å². The molecule has 122 valence electrons. The Morgan fingerprint density at radius 2 is 1.67 bits per heavy atom. The highest BCUT2D eigenvalue weighted by molar-refractivity contribution is 6.22. The van der Waals surface area contributed by atoms with E-state index in [4.69, 9.17) is 0 Å². The van der Waals surface area contributed by atoms with E-state index in [-0.39, 0.29) is 41.2 Å². The first-order valence-electron chi connectivity index (χ1n) is 8.30. The number of nitro groups is 1. The first-order chi connectivity index (χ1) is 11.5. The van der Waals surface area contributed by atoms with E-state index in [1.807, 2.05) is 0 Å². The molecule has 6 rings (SSSR count). The van der Waals surface area contributed by atoms with Crippen molar-refractivity contribution in [2.45, 2.75) is 13.3 Å². The lowest BCUT2D eigenvalue weighted by Gasteiger charge is -2.37. The Morgan fingerprint density at radius 1 is 1.08 bits per heavy atom. The minimum Gasteiger partial charge on any atom is -0.274 e. The normalized spacial score (nSPS) is 38.3. The number of carbonyl (C=O) groups is 2. The van der Waals surface area contributed by atoms with Crippen LogP contribution in [0.1, 0.15) is 12.0 Å². The molecule has 2 saturated carbocycles. The van der Waals surface area contributed by atoms with Crippen molar-refractivity contribution in [2.24, 2.45) is 35.5 Å². The highest BCUT2D eigenvalue weighted by Gasteiger charge is 2.67. The largest absolute Gasteiger partial charge is 0.274 e. The molecule has 4 aliphatic carbocycles. The molecular weight excluding hydrogens is 308 g/mol. The summed E-state index contributed by atoms with van der Waals surface area (Å²) >= 11 is 0. The second kappa shape index (κ2) is 4.32. The number of rotatable bonds is 2. The maximum absolute atomic E-state index is 13.0. The van der Waals surface area contributed by atoms with Gasteiger partial charge in [-0.05, 0) is 43.1 Å². The van der Waals surface area contributed by atoms with Crippen molar-refractivity contribution in [3.8, 4) is 0 Å². The van der Waals surface area contributed by atoms with Crippen LogP contribution in [0.2, 0.25) is 0 Å².